The molecule has 1 saturated carbocycles. The van der Waals surface area contributed by atoms with E-state index in [0.717, 1.165) is 0 Å². The van der Waals surface area contributed by atoms with Crippen LogP contribution in [-0.2, 0) is 23.8 Å². The third-order valence-corrected chi connectivity index (χ3v) is 6.87. The van der Waals surface area contributed by atoms with Crippen LogP contribution >= 0.6 is 46.4 Å². The van der Waals surface area contributed by atoms with Crippen LogP contribution in [0.3, 0.4) is 0 Å². The molecule has 3 aliphatic rings. The van der Waals surface area contributed by atoms with Crippen LogP contribution in [0, 0.1) is 11.8 Å². The Balaban J connectivity index is 2.37. The van der Waals surface area contributed by atoms with E-state index < -0.39 is 39.3 Å². The maximum Gasteiger partial charge on any atom is 0.319 e. The summed E-state index contributed by atoms with van der Waals surface area (Å²) in [4.78, 5) is 20.5. The zero-order valence-corrected chi connectivity index (χ0v) is 13.2. The lowest BCUT2D eigenvalue weighted by Crippen LogP contribution is -2.58. The minimum absolute atomic E-state index is 0.0765. The Bertz CT molecular complexity index is 527. The number of cyclic esters (lactones) is 2. The Morgan fingerprint density at radius 3 is 1.60 bits per heavy atom. The van der Waals surface area contributed by atoms with Crippen molar-refractivity contribution >= 4 is 58.3 Å². The van der Waals surface area contributed by atoms with Gasteiger partial charge in [-0.25, -0.2) is 0 Å². The number of carbonyl (C=O) groups excluding carboxylic acids is 2. The van der Waals surface area contributed by atoms with Crippen molar-refractivity contribution in [3.05, 3.63) is 10.1 Å². The fourth-order valence-electron chi connectivity index (χ4n) is 3.52. The average molecular weight is 362 g/mol. The highest BCUT2D eigenvalue weighted by molar-refractivity contribution is 6.53. The highest BCUT2D eigenvalue weighted by atomic mass is 35.5. The van der Waals surface area contributed by atoms with E-state index in [9.17, 15) is 9.59 Å². The van der Waals surface area contributed by atoms with E-state index >= 15 is 0 Å². The molecule has 5 nitrogen and oxygen atoms in total. The molecule has 0 aromatic heterocycles. The number of hydrogen-bond donors (Lipinski definition) is 0. The van der Waals surface area contributed by atoms with Crippen molar-refractivity contribution in [3.63, 3.8) is 0 Å². The first-order valence-corrected chi connectivity index (χ1v) is 7.05. The normalized spacial score (nSPS) is 45.1. The van der Waals surface area contributed by atoms with Gasteiger partial charge < -0.3 is 14.2 Å². The van der Waals surface area contributed by atoms with Gasteiger partial charge in [-0.3, -0.25) is 9.59 Å². The minimum atomic E-state index is -1.75. The van der Waals surface area contributed by atoms with E-state index in [2.05, 4.69) is 4.74 Å². The number of methoxy groups -OCH3 is 2. The summed E-state index contributed by atoms with van der Waals surface area (Å²) in [5.41, 5.74) is 0. The SMILES string of the molecule is COC1(OC)[C@@]2(Cl)C(Cl)=C(Cl)[C@]1(Cl)[C@@H]1C(=O)OC(=O)[C@@H]12. The molecule has 2 bridgehead atoms. The molecular formula is C11H8Cl4O5. The van der Waals surface area contributed by atoms with Crippen molar-refractivity contribution in [2.75, 3.05) is 14.2 Å². The van der Waals surface area contributed by atoms with Gasteiger partial charge in [-0.1, -0.05) is 23.2 Å². The van der Waals surface area contributed by atoms with Gasteiger partial charge in [0.1, 0.15) is 11.8 Å². The van der Waals surface area contributed by atoms with Crippen molar-refractivity contribution in [1.29, 1.82) is 0 Å². The standard InChI is InChI=1S/C11H8Cl4O5/c1-18-11(19-2)9(14)3-4(8(17)20-7(3)16)10(11,15)6(13)5(9)12/h3-4H,1-2H3/t3-,4+,9+,10-. The van der Waals surface area contributed by atoms with Crippen molar-refractivity contribution < 1.29 is 23.8 Å². The number of esters is 2. The molecule has 4 atom stereocenters. The lowest BCUT2D eigenvalue weighted by Gasteiger charge is -2.41. The monoisotopic (exact) mass is 360 g/mol. The summed E-state index contributed by atoms with van der Waals surface area (Å²) in [6.07, 6.45) is 0. The van der Waals surface area contributed by atoms with E-state index in [4.69, 9.17) is 55.9 Å². The quantitative estimate of drug-likeness (QED) is 0.325. The topological polar surface area (TPSA) is 61.8 Å². The maximum atomic E-state index is 12.0. The summed E-state index contributed by atoms with van der Waals surface area (Å²) in [5.74, 6) is -5.63. The lowest BCUT2D eigenvalue weighted by molar-refractivity contribution is -0.223. The molecule has 1 heterocycles. The Morgan fingerprint density at radius 2 is 1.30 bits per heavy atom. The highest BCUT2D eigenvalue weighted by Gasteiger charge is 2.89. The molecule has 20 heavy (non-hydrogen) atoms. The van der Waals surface area contributed by atoms with Crippen LogP contribution < -0.4 is 0 Å². The first-order chi connectivity index (χ1) is 9.24. The van der Waals surface area contributed by atoms with Gasteiger partial charge >= 0.3 is 11.9 Å². The number of halogens is 4. The van der Waals surface area contributed by atoms with Crippen molar-refractivity contribution in [2.45, 2.75) is 15.5 Å². The van der Waals surface area contributed by atoms with Crippen molar-refractivity contribution in [2.24, 2.45) is 11.8 Å². The van der Waals surface area contributed by atoms with E-state index in [1.807, 2.05) is 0 Å². The van der Waals surface area contributed by atoms with Gasteiger partial charge in [-0.05, 0) is 0 Å². The second-order valence-electron chi connectivity index (χ2n) is 4.77. The molecule has 0 spiro atoms. The van der Waals surface area contributed by atoms with Crippen LogP contribution in [0.2, 0.25) is 0 Å². The fraction of sp³-hybridized carbons (Fsp3) is 0.636. The van der Waals surface area contributed by atoms with Crippen LogP contribution in [0.15, 0.2) is 10.1 Å². The van der Waals surface area contributed by atoms with Crippen LogP contribution in [0.25, 0.3) is 0 Å². The number of carbonyl (C=O) groups is 2. The maximum absolute atomic E-state index is 12.0. The largest absolute Gasteiger partial charge is 0.393 e. The molecule has 0 unspecified atom stereocenters. The summed E-state index contributed by atoms with van der Waals surface area (Å²) < 4.78 is 15.3. The number of alkyl halides is 2. The summed E-state index contributed by atoms with van der Waals surface area (Å²) >= 11 is 25.4. The zero-order chi connectivity index (χ0) is 15.1. The molecular weight excluding hydrogens is 354 g/mol. The molecule has 1 saturated heterocycles. The molecule has 3 rings (SSSR count). The van der Waals surface area contributed by atoms with Gasteiger partial charge in [0, 0.05) is 14.2 Å². The first-order valence-electron chi connectivity index (χ1n) is 5.54. The summed E-state index contributed by atoms with van der Waals surface area (Å²) in [6.45, 7) is 0. The predicted molar refractivity (Wildman–Crippen MR) is 70.7 cm³/mol. The Morgan fingerprint density at radius 1 is 0.950 bits per heavy atom. The second kappa shape index (κ2) is 4.03. The molecule has 2 fully saturated rings. The van der Waals surface area contributed by atoms with Crippen LogP contribution in [0.1, 0.15) is 0 Å². The molecule has 110 valence electrons. The number of fused-ring (bicyclic) bond motifs is 5. The smallest absolute Gasteiger partial charge is 0.319 e. The van der Waals surface area contributed by atoms with E-state index in [1.54, 1.807) is 0 Å². The molecule has 2 aliphatic carbocycles. The van der Waals surface area contributed by atoms with E-state index in [0.29, 0.717) is 0 Å². The van der Waals surface area contributed by atoms with Crippen LogP contribution in [0.5, 0.6) is 0 Å². The van der Waals surface area contributed by atoms with Gasteiger partial charge in [0.15, 0.2) is 9.75 Å². The zero-order valence-electron chi connectivity index (χ0n) is 10.2. The summed E-state index contributed by atoms with van der Waals surface area (Å²) in [5, 5.41) is -0.153. The Hall–Kier alpha value is -0.0400. The molecule has 1 aliphatic heterocycles. The number of hydrogen-bond acceptors (Lipinski definition) is 5. The van der Waals surface area contributed by atoms with Crippen molar-refractivity contribution in [1.82, 2.24) is 0 Å². The van der Waals surface area contributed by atoms with Gasteiger partial charge in [-0.2, -0.15) is 0 Å². The van der Waals surface area contributed by atoms with Gasteiger partial charge in [0.25, 0.3) is 0 Å². The Kier molecular flexibility index (Phi) is 3.00. The van der Waals surface area contributed by atoms with E-state index in [-0.39, 0.29) is 10.1 Å². The van der Waals surface area contributed by atoms with Crippen LogP contribution in [0.4, 0.5) is 0 Å². The second-order valence-corrected chi connectivity index (χ2v) is 6.72. The van der Waals surface area contributed by atoms with Gasteiger partial charge in [0.2, 0.25) is 5.79 Å². The number of rotatable bonds is 2. The number of ether oxygens (including phenoxy) is 3. The third-order valence-electron chi connectivity index (χ3n) is 4.26. The molecule has 0 radical (unpaired) electrons. The molecule has 9 heteroatoms. The average Bonchev–Trinajstić information content (AvgIpc) is 2.85. The fourth-order valence-corrected chi connectivity index (χ4v) is 5.67. The molecule has 0 aromatic rings. The first kappa shape index (κ1) is 14.9. The predicted octanol–water partition coefficient (Wildman–Crippen LogP) is 1.96. The van der Waals surface area contributed by atoms with Crippen molar-refractivity contribution in [3.8, 4) is 0 Å². The molecule has 0 amide bonds. The Labute approximate surface area is 134 Å². The summed E-state index contributed by atoms with van der Waals surface area (Å²) in [7, 11) is 2.57. The van der Waals surface area contributed by atoms with E-state index in [1.165, 1.54) is 14.2 Å². The summed E-state index contributed by atoms with van der Waals surface area (Å²) in [6, 6.07) is 0. The third kappa shape index (κ3) is 1.12. The molecule has 0 aromatic carbocycles. The highest BCUT2D eigenvalue weighted by Crippen LogP contribution is 2.75. The van der Waals surface area contributed by atoms with Gasteiger partial charge in [0.05, 0.1) is 10.1 Å². The molecule has 0 N–H and O–H groups in total. The minimum Gasteiger partial charge on any atom is -0.393 e. The lowest BCUT2D eigenvalue weighted by atomic mass is 9.84. The van der Waals surface area contributed by atoms with Crippen LogP contribution in [-0.4, -0.2) is 41.7 Å². The van der Waals surface area contributed by atoms with Gasteiger partial charge in [-0.15, -0.1) is 23.2 Å².